The molecular weight excluding hydrogens is 168 g/mol. The molecule has 0 radical (unpaired) electrons. The van der Waals surface area contributed by atoms with Gasteiger partial charge in [-0.3, -0.25) is 10.5 Å². The van der Waals surface area contributed by atoms with Crippen molar-refractivity contribution in [2.75, 3.05) is 7.11 Å². The molecule has 0 rings (SSSR count). The number of aliphatic hydroxyl groups excluding tert-OH is 1. The maximum Gasteiger partial charge on any atom is 0.0319 e. The second-order valence-corrected chi connectivity index (χ2v) is 0. The monoisotopic (exact) mass is 178 g/mol. The van der Waals surface area contributed by atoms with Crippen LogP contribution in [0.5, 0.6) is 0 Å². The first-order chi connectivity index (χ1) is 2.00. The van der Waals surface area contributed by atoms with E-state index in [2.05, 4.69) is 0 Å². The minimum absolute atomic E-state index is 0. The predicted octanol–water partition coefficient (Wildman–Crippen LogP) is 0.257. The molecule has 0 saturated carbocycles. The number of aliphatic hydroxyl groups is 1. The molecule has 0 fully saturated rings. The van der Waals surface area contributed by atoms with Crippen molar-refractivity contribution < 1.29 is 59.1 Å². The van der Waals surface area contributed by atoms with Gasteiger partial charge < -0.3 is 5.11 Å². The van der Waals surface area contributed by atoms with Gasteiger partial charge >= 0.3 is 0 Å². The van der Waals surface area contributed by atoms with Crippen molar-refractivity contribution in [3.8, 4) is 0 Å². The van der Waals surface area contributed by atoms with Gasteiger partial charge in [0.05, 0.1) is 0 Å². The summed E-state index contributed by atoms with van der Waals surface area (Å²) in [6.07, 6.45) is 0. The summed E-state index contributed by atoms with van der Waals surface area (Å²) in [5.74, 6) is 0. The SMILES string of the molecule is C.CO.OO.[Ti].[Ti]. The average Bonchev–Trinajstić information content (AvgIpc) is 1.50. The third-order valence-electron chi connectivity index (χ3n) is 0. The van der Waals surface area contributed by atoms with Crippen LogP contribution in [0.25, 0.3) is 0 Å². The van der Waals surface area contributed by atoms with Crippen LogP contribution in [0, 0.1) is 0 Å². The zero-order chi connectivity index (χ0) is 4.00. The molecule has 0 aromatic carbocycles. The van der Waals surface area contributed by atoms with Gasteiger partial charge in [0, 0.05) is 50.5 Å². The Labute approximate surface area is 73.4 Å². The second-order valence-electron chi connectivity index (χ2n) is 0. The summed E-state index contributed by atoms with van der Waals surface area (Å²) in [6, 6.07) is 0. The Morgan fingerprint density at radius 1 is 0.857 bits per heavy atom. The molecule has 0 bridgehead atoms. The van der Waals surface area contributed by atoms with Gasteiger partial charge in [0.25, 0.3) is 0 Å². The van der Waals surface area contributed by atoms with Gasteiger partial charge in [-0.1, -0.05) is 7.43 Å². The smallest absolute Gasteiger partial charge is 0.0319 e. The zero-order valence-corrected chi connectivity index (χ0v) is 6.46. The molecule has 0 heterocycles. The summed E-state index contributed by atoms with van der Waals surface area (Å²) >= 11 is 0. The van der Waals surface area contributed by atoms with Crippen LogP contribution < -0.4 is 0 Å². The Morgan fingerprint density at radius 2 is 0.857 bits per heavy atom. The summed E-state index contributed by atoms with van der Waals surface area (Å²) < 4.78 is 0. The van der Waals surface area contributed by atoms with Gasteiger partial charge in [0.15, 0.2) is 0 Å². The van der Waals surface area contributed by atoms with E-state index in [-0.39, 0.29) is 50.9 Å². The van der Waals surface area contributed by atoms with E-state index in [0.717, 1.165) is 7.11 Å². The molecule has 0 unspecified atom stereocenters. The summed E-state index contributed by atoms with van der Waals surface area (Å²) in [5.41, 5.74) is 0. The van der Waals surface area contributed by atoms with Gasteiger partial charge in [-0.05, 0) is 0 Å². The maximum atomic E-state index is 7.00. The molecule has 5 heteroatoms. The molecule has 0 aromatic heterocycles. The van der Waals surface area contributed by atoms with Gasteiger partial charge in [-0.25, -0.2) is 0 Å². The van der Waals surface area contributed by atoms with Crippen molar-refractivity contribution in [1.29, 1.82) is 0 Å². The fourth-order valence-electron chi connectivity index (χ4n) is 0. The van der Waals surface area contributed by atoms with E-state index in [1.165, 1.54) is 0 Å². The number of hydrogen-bond acceptors (Lipinski definition) is 3. The van der Waals surface area contributed by atoms with Crippen molar-refractivity contribution in [3.63, 3.8) is 0 Å². The summed E-state index contributed by atoms with van der Waals surface area (Å²) in [4.78, 5) is 0. The minimum Gasteiger partial charge on any atom is -0.400 e. The molecule has 7 heavy (non-hydrogen) atoms. The third kappa shape index (κ3) is 120. The molecule has 0 atom stereocenters. The normalized spacial score (nSPS) is 1.71. The fraction of sp³-hybridized carbons (Fsp3) is 1.00. The molecule has 44 valence electrons. The quantitative estimate of drug-likeness (QED) is 0.283. The van der Waals surface area contributed by atoms with Crippen molar-refractivity contribution in [2.24, 2.45) is 0 Å². The van der Waals surface area contributed by atoms with E-state index in [1.807, 2.05) is 0 Å². The molecular formula is C2H10O3Ti2. The van der Waals surface area contributed by atoms with E-state index in [0.29, 0.717) is 0 Å². The van der Waals surface area contributed by atoms with Crippen LogP contribution in [-0.2, 0) is 43.4 Å². The van der Waals surface area contributed by atoms with Crippen LogP contribution in [0.3, 0.4) is 0 Å². The predicted molar refractivity (Wildman–Crippen MR) is 20.1 cm³/mol. The number of hydrogen-bond donors (Lipinski definition) is 3. The molecule has 3 N–H and O–H groups in total. The largest absolute Gasteiger partial charge is 0.400 e. The molecule has 0 aliphatic rings. The van der Waals surface area contributed by atoms with E-state index < -0.39 is 0 Å². The van der Waals surface area contributed by atoms with Gasteiger partial charge in [-0.15, -0.1) is 0 Å². The minimum atomic E-state index is 0. The van der Waals surface area contributed by atoms with Gasteiger partial charge in [0.2, 0.25) is 0 Å². The first-order valence-corrected chi connectivity index (χ1v) is 0.647. The topological polar surface area (TPSA) is 60.7 Å². The maximum absolute atomic E-state index is 7.00. The van der Waals surface area contributed by atoms with Crippen molar-refractivity contribution in [1.82, 2.24) is 0 Å². The zero-order valence-electron chi connectivity index (χ0n) is 3.34. The molecule has 0 aliphatic carbocycles. The Kier molecular flexibility index (Phi) is 984. The average molecular weight is 178 g/mol. The summed E-state index contributed by atoms with van der Waals surface area (Å²) in [5, 5.41) is 19.0. The Balaban J connectivity index is -0.00000000267. The van der Waals surface area contributed by atoms with Crippen LogP contribution in [-0.4, -0.2) is 22.7 Å². The van der Waals surface area contributed by atoms with Crippen LogP contribution in [0.2, 0.25) is 0 Å². The van der Waals surface area contributed by atoms with Gasteiger partial charge in [0.1, 0.15) is 0 Å². The third-order valence-corrected chi connectivity index (χ3v) is 0. The Bertz CT molecular complexity index is 10.9. The first kappa shape index (κ1) is 40.5. The van der Waals surface area contributed by atoms with Gasteiger partial charge in [-0.2, -0.15) is 0 Å². The number of rotatable bonds is 0. The van der Waals surface area contributed by atoms with Crippen molar-refractivity contribution in [2.45, 2.75) is 7.43 Å². The molecule has 0 aliphatic heterocycles. The first-order valence-electron chi connectivity index (χ1n) is 0.647. The summed E-state index contributed by atoms with van der Waals surface area (Å²) in [7, 11) is 1.00. The molecule has 0 spiro atoms. The molecule has 0 amide bonds. The van der Waals surface area contributed by atoms with E-state index in [1.54, 1.807) is 0 Å². The van der Waals surface area contributed by atoms with Crippen molar-refractivity contribution in [3.05, 3.63) is 0 Å². The van der Waals surface area contributed by atoms with E-state index in [9.17, 15) is 0 Å². The molecule has 3 nitrogen and oxygen atoms in total. The second kappa shape index (κ2) is 170. The van der Waals surface area contributed by atoms with Crippen LogP contribution >= 0.6 is 0 Å². The van der Waals surface area contributed by atoms with Crippen molar-refractivity contribution >= 4 is 0 Å². The standard InChI is InChI=1S/CH4O.CH4.H2O2.2Ti/c1-2;;1-2;;/h2H,1H3;1H4;1-2H;;. The van der Waals surface area contributed by atoms with E-state index >= 15 is 0 Å². The van der Waals surface area contributed by atoms with Crippen LogP contribution in [0.15, 0.2) is 0 Å². The molecule has 0 saturated heterocycles. The van der Waals surface area contributed by atoms with Crippen LogP contribution in [0.1, 0.15) is 7.43 Å². The molecule has 0 aromatic rings. The Hall–Kier alpha value is 1.31. The summed E-state index contributed by atoms with van der Waals surface area (Å²) in [6.45, 7) is 0. The van der Waals surface area contributed by atoms with E-state index in [4.69, 9.17) is 15.6 Å². The fourth-order valence-corrected chi connectivity index (χ4v) is 0. The van der Waals surface area contributed by atoms with Crippen LogP contribution in [0.4, 0.5) is 0 Å². The Morgan fingerprint density at radius 3 is 0.857 bits per heavy atom.